The van der Waals surface area contributed by atoms with Gasteiger partial charge in [0.1, 0.15) is 5.60 Å². The van der Waals surface area contributed by atoms with E-state index in [9.17, 15) is 13.6 Å². The average molecular weight is 456 g/mol. The SMILES string of the molecule is CC(C)(C)OC(=O)N1CCC(c2cc(-c3cnc(N)c(OC(F)F)c3)nc(Cl)n2)CC1. The fraction of sp³-hybridized carbons (Fsp3) is 0.500. The van der Waals surface area contributed by atoms with Crippen LogP contribution in [0, 0.1) is 0 Å². The summed E-state index contributed by atoms with van der Waals surface area (Å²) in [6, 6.07) is 3.07. The Hall–Kier alpha value is -2.75. The van der Waals surface area contributed by atoms with Crippen LogP contribution in [0.4, 0.5) is 19.4 Å². The second-order valence-electron chi connectivity index (χ2n) is 8.17. The van der Waals surface area contributed by atoms with Crippen LogP contribution in [-0.2, 0) is 4.74 Å². The van der Waals surface area contributed by atoms with Crippen LogP contribution in [0.15, 0.2) is 18.3 Å². The molecule has 1 aliphatic heterocycles. The highest BCUT2D eigenvalue weighted by Gasteiger charge is 2.28. The second kappa shape index (κ2) is 9.17. The molecule has 2 aromatic rings. The number of pyridine rings is 1. The van der Waals surface area contributed by atoms with Crippen molar-refractivity contribution < 1.29 is 23.0 Å². The van der Waals surface area contributed by atoms with E-state index in [1.54, 1.807) is 11.0 Å². The van der Waals surface area contributed by atoms with E-state index in [0.717, 1.165) is 0 Å². The molecule has 11 heteroatoms. The zero-order chi connectivity index (χ0) is 22.8. The second-order valence-corrected chi connectivity index (χ2v) is 8.51. The van der Waals surface area contributed by atoms with E-state index in [1.807, 2.05) is 20.8 Å². The van der Waals surface area contributed by atoms with Crippen LogP contribution < -0.4 is 10.5 Å². The summed E-state index contributed by atoms with van der Waals surface area (Å²) in [5.74, 6) is -0.343. The quantitative estimate of drug-likeness (QED) is 0.677. The number of anilines is 1. The Bertz CT molecular complexity index is 947. The molecule has 1 fully saturated rings. The van der Waals surface area contributed by atoms with E-state index in [4.69, 9.17) is 22.1 Å². The number of likely N-dealkylation sites (tertiary alicyclic amines) is 1. The molecule has 1 saturated heterocycles. The molecule has 3 heterocycles. The van der Waals surface area contributed by atoms with Gasteiger partial charge in [-0.25, -0.2) is 19.7 Å². The van der Waals surface area contributed by atoms with Gasteiger partial charge in [0.05, 0.1) is 5.69 Å². The van der Waals surface area contributed by atoms with Gasteiger partial charge in [0.15, 0.2) is 11.6 Å². The van der Waals surface area contributed by atoms with Crippen LogP contribution in [-0.4, -0.2) is 51.2 Å². The Kier molecular flexibility index (Phi) is 6.78. The molecule has 0 radical (unpaired) electrons. The number of nitrogens with two attached hydrogens (primary N) is 1. The minimum Gasteiger partial charge on any atom is -0.444 e. The number of nitrogen functional groups attached to an aromatic ring is 1. The minimum atomic E-state index is -3.03. The number of rotatable bonds is 4. The molecule has 0 spiro atoms. The number of hydrogen-bond donors (Lipinski definition) is 1. The Balaban J connectivity index is 1.76. The van der Waals surface area contributed by atoms with Crippen molar-refractivity contribution in [3.63, 3.8) is 0 Å². The standard InChI is InChI=1S/C20H24ClF2N5O3/c1-20(2,3)31-19(29)28-6-4-11(5-7-28)13-9-14(27-17(21)26-13)12-8-15(30-18(22)23)16(24)25-10-12/h8-11,18H,4-7H2,1-3H3,(H2,24,25). The number of aromatic nitrogens is 3. The van der Waals surface area contributed by atoms with E-state index in [0.29, 0.717) is 42.9 Å². The maximum absolute atomic E-state index is 12.6. The molecular formula is C20H24ClF2N5O3. The fourth-order valence-corrected chi connectivity index (χ4v) is 3.45. The third-order valence-electron chi connectivity index (χ3n) is 4.68. The molecule has 168 valence electrons. The van der Waals surface area contributed by atoms with Crippen molar-refractivity contribution in [2.45, 2.75) is 51.7 Å². The van der Waals surface area contributed by atoms with Gasteiger partial charge >= 0.3 is 12.7 Å². The summed E-state index contributed by atoms with van der Waals surface area (Å²) < 4.78 is 35.0. The number of nitrogens with zero attached hydrogens (tertiary/aromatic N) is 4. The lowest BCUT2D eigenvalue weighted by atomic mass is 9.92. The van der Waals surface area contributed by atoms with Gasteiger partial charge in [-0.05, 0) is 57.3 Å². The van der Waals surface area contributed by atoms with E-state index < -0.39 is 12.2 Å². The van der Waals surface area contributed by atoms with Gasteiger partial charge in [0.2, 0.25) is 5.28 Å². The van der Waals surface area contributed by atoms with Gasteiger partial charge in [-0.1, -0.05) is 0 Å². The largest absolute Gasteiger partial charge is 0.444 e. The minimum absolute atomic E-state index is 0.0234. The number of hydrogen-bond acceptors (Lipinski definition) is 7. The third kappa shape index (κ3) is 6.13. The van der Waals surface area contributed by atoms with Crippen LogP contribution in [0.5, 0.6) is 5.75 Å². The molecule has 0 aliphatic carbocycles. The van der Waals surface area contributed by atoms with Crippen molar-refractivity contribution in [3.8, 4) is 17.0 Å². The van der Waals surface area contributed by atoms with Crippen LogP contribution in [0.2, 0.25) is 5.28 Å². The molecule has 0 saturated carbocycles. The molecule has 2 N–H and O–H groups in total. The summed E-state index contributed by atoms with van der Waals surface area (Å²) in [6.07, 6.45) is 2.41. The number of piperidine rings is 1. The van der Waals surface area contributed by atoms with Crippen LogP contribution in [0.3, 0.4) is 0 Å². The molecule has 2 aromatic heterocycles. The van der Waals surface area contributed by atoms with E-state index in [-0.39, 0.29) is 28.9 Å². The van der Waals surface area contributed by atoms with Gasteiger partial charge in [0, 0.05) is 36.5 Å². The predicted octanol–water partition coefficient (Wildman–Crippen LogP) is 4.49. The lowest BCUT2D eigenvalue weighted by molar-refractivity contribution is -0.0494. The lowest BCUT2D eigenvalue weighted by Crippen LogP contribution is -2.41. The monoisotopic (exact) mass is 455 g/mol. The number of carbonyl (C=O) groups is 1. The average Bonchev–Trinajstić information content (AvgIpc) is 2.67. The summed E-state index contributed by atoms with van der Waals surface area (Å²) in [6.45, 7) is 3.49. The smallest absolute Gasteiger partial charge is 0.410 e. The summed E-state index contributed by atoms with van der Waals surface area (Å²) in [5, 5.41) is 0.0234. The summed E-state index contributed by atoms with van der Waals surface area (Å²) in [5.41, 5.74) is 6.58. The molecule has 0 bridgehead atoms. The first-order chi connectivity index (χ1) is 14.5. The Morgan fingerprint density at radius 2 is 1.94 bits per heavy atom. The molecule has 1 amide bonds. The topological polar surface area (TPSA) is 103 Å². The van der Waals surface area contributed by atoms with E-state index in [2.05, 4.69) is 19.7 Å². The molecule has 0 unspecified atom stereocenters. The molecule has 1 aliphatic rings. The van der Waals surface area contributed by atoms with Gasteiger partial charge < -0.3 is 20.1 Å². The maximum Gasteiger partial charge on any atom is 0.410 e. The van der Waals surface area contributed by atoms with Crippen molar-refractivity contribution in [1.29, 1.82) is 0 Å². The molecule has 3 rings (SSSR count). The zero-order valence-electron chi connectivity index (χ0n) is 17.4. The molecule has 31 heavy (non-hydrogen) atoms. The molecule has 8 nitrogen and oxygen atoms in total. The van der Waals surface area contributed by atoms with Gasteiger partial charge in [0.25, 0.3) is 0 Å². The Morgan fingerprint density at radius 3 is 2.55 bits per heavy atom. The highest BCUT2D eigenvalue weighted by molar-refractivity contribution is 6.28. The van der Waals surface area contributed by atoms with Crippen LogP contribution in [0.1, 0.15) is 45.2 Å². The van der Waals surface area contributed by atoms with Gasteiger partial charge in [-0.2, -0.15) is 8.78 Å². The number of ether oxygens (including phenoxy) is 2. The van der Waals surface area contributed by atoms with Crippen LogP contribution >= 0.6 is 11.6 Å². The fourth-order valence-electron chi connectivity index (χ4n) is 3.26. The zero-order valence-corrected chi connectivity index (χ0v) is 18.2. The Labute approximate surface area is 183 Å². The number of halogens is 3. The summed E-state index contributed by atoms with van der Waals surface area (Å²) >= 11 is 6.12. The highest BCUT2D eigenvalue weighted by Crippen LogP contribution is 2.32. The van der Waals surface area contributed by atoms with Crippen molar-refractivity contribution in [2.75, 3.05) is 18.8 Å². The first-order valence-corrected chi connectivity index (χ1v) is 10.1. The van der Waals surface area contributed by atoms with Crippen molar-refractivity contribution in [1.82, 2.24) is 19.9 Å². The molecule has 0 atom stereocenters. The third-order valence-corrected chi connectivity index (χ3v) is 4.85. The van der Waals surface area contributed by atoms with Gasteiger partial charge in [-0.3, -0.25) is 0 Å². The van der Waals surface area contributed by atoms with Crippen molar-refractivity contribution in [2.24, 2.45) is 0 Å². The first kappa shape index (κ1) is 22.9. The van der Waals surface area contributed by atoms with E-state index in [1.165, 1.54) is 12.3 Å². The Morgan fingerprint density at radius 1 is 1.26 bits per heavy atom. The summed E-state index contributed by atoms with van der Waals surface area (Å²) in [7, 11) is 0. The number of alkyl halides is 2. The van der Waals surface area contributed by atoms with Crippen molar-refractivity contribution in [3.05, 3.63) is 29.3 Å². The number of amides is 1. The predicted molar refractivity (Wildman–Crippen MR) is 111 cm³/mol. The molecular weight excluding hydrogens is 432 g/mol. The number of carbonyl (C=O) groups excluding carboxylic acids is 1. The van der Waals surface area contributed by atoms with E-state index >= 15 is 0 Å². The van der Waals surface area contributed by atoms with Crippen molar-refractivity contribution >= 4 is 23.5 Å². The summed E-state index contributed by atoms with van der Waals surface area (Å²) in [4.78, 5) is 26.3. The lowest BCUT2D eigenvalue weighted by Gasteiger charge is -2.33. The highest BCUT2D eigenvalue weighted by atomic mass is 35.5. The van der Waals surface area contributed by atoms with Gasteiger partial charge in [-0.15, -0.1) is 0 Å². The normalized spacial score (nSPS) is 15.3. The first-order valence-electron chi connectivity index (χ1n) is 9.75. The molecule has 0 aromatic carbocycles. The van der Waals surface area contributed by atoms with Crippen LogP contribution in [0.25, 0.3) is 11.3 Å². The maximum atomic E-state index is 12.6.